The van der Waals surface area contributed by atoms with Gasteiger partial charge in [0.1, 0.15) is 0 Å². The van der Waals surface area contributed by atoms with E-state index < -0.39 is 0 Å². The highest BCUT2D eigenvalue weighted by atomic mass is 32.2. The van der Waals surface area contributed by atoms with Crippen LogP contribution in [0.2, 0.25) is 0 Å². The predicted molar refractivity (Wildman–Crippen MR) is 88.6 cm³/mol. The lowest BCUT2D eigenvalue weighted by atomic mass is 9.83. The van der Waals surface area contributed by atoms with Crippen molar-refractivity contribution in [3.63, 3.8) is 0 Å². The van der Waals surface area contributed by atoms with Crippen molar-refractivity contribution >= 4 is 23.5 Å². The molecule has 2 aliphatic rings. The molecule has 2 atom stereocenters. The Morgan fingerprint density at radius 1 is 1.16 bits per heavy atom. The van der Waals surface area contributed by atoms with Crippen molar-refractivity contribution in [3.05, 3.63) is 35.4 Å². The minimum absolute atomic E-state index is 0.742. The van der Waals surface area contributed by atoms with E-state index in [0.29, 0.717) is 0 Å². The minimum atomic E-state index is 0.742. The van der Waals surface area contributed by atoms with Crippen molar-refractivity contribution < 1.29 is 0 Å². The highest BCUT2D eigenvalue weighted by Crippen LogP contribution is 2.31. The normalized spacial score (nSPS) is 26.9. The molecule has 0 aromatic heterocycles. The molecule has 0 saturated carbocycles. The second-order valence-corrected chi connectivity index (χ2v) is 8.07. The molecule has 3 rings (SSSR count). The number of hydrogen-bond acceptors (Lipinski definition) is 3. The van der Waals surface area contributed by atoms with Crippen molar-refractivity contribution in [1.82, 2.24) is 5.32 Å². The van der Waals surface area contributed by atoms with Gasteiger partial charge in [0.05, 0.1) is 0 Å². The first-order valence-electron chi connectivity index (χ1n) is 7.41. The van der Waals surface area contributed by atoms with Gasteiger partial charge in [-0.25, -0.2) is 0 Å². The van der Waals surface area contributed by atoms with Gasteiger partial charge in [-0.05, 0) is 36.3 Å². The fourth-order valence-corrected chi connectivity index (χ4v) is 5.79. The largest absolute Gasteiger partial charge is 0.315 e. The van der Waals surface area contributed by atoms with E-state index in [0.717, 1.165) is 11.2 Å². The standard InChI is InChI=1S/C16H23NS2/c1-2-7-16-13(4-1)5-3-6-14(16)10-17-11-15-12-18-8-9-19-15/h1-2,4,7,14-15,17H,3,5-6,8-12H2. The van der Waals surface area contributed by atoms with Crippen molar-refractivity contribution in [2.24, 2.45) is 0 Å². The van der Waals surface area contributed by atoms with E-state index in [1.165, 1.54) is 49.6 Å². The average Bonchev–Trinajstić information content (AvgIpc) is 2.49. The third-order valence-electron chi connectivity index (χ3n) is 4.14. The van der Waals surface area contributed by atoms with Crippen LogP contribution in [0.5, 0.6) is 0 Å². The lowest BCUT2D eigenvalue weighted by Gasteiger charge is -2.27. The van der Waals surface area contributed by atoms with E-state index in [9.17, 15) is 0 Å². The zero-order valence-corrected chi connectivity index (χ0v) is 13.1. The van der Waals surface area contributed by atoms with Gasteiger partial charge in [-0.1, -0.05) is 24.3 Å². The van der Waals surface area contributed by atoms with E-state index in [2.05, 4.69) is 53.1 Å². The van der Waals surface area contributed by atoms with Gasteiger partial charge in [0, 0.05) is 35.6 Å². The van der Waals surface area contributed by atoms with Gasteiger partial charge in [-0.2, -0.15) is 23.5 Å². The number of fused-ring (bicyclic) bond motifs is 1. The molecule has 0 spiro atoms. The summed E-state index contributed by atoms with van der Waals surface area (Å²) < 4.78 is 0. The van der Waals surface area contributed by atoms with E-state index in [4.69, 9.17) is 0 Å². The number of rotatable bonds is 4. The van der Waals surface area contributed by atoms with Gasteiger partial charge in [-0.15, -0.1) is 0 Å². The van der Waals surface area contributed by atoms with E-state index in [1.807, 2.05) is 0 Å². The zero-order valence-electron chi connectivity index (χ0n) is 11.4. The van der Waals surface area contributed by atoms with Crippen LogP contribution in [0, 0.1) is 0 Å². The second kappa shape index (κ2) is 7.05. The smallest absolute Gasteiger partial charge is 0.0263 e. The van der Waals surface area contributed by atoms with Crippen molar-refractivity contribution in [2.75, 3.05) is 30.3 Å². The third-order valence-corrected chi connectivity index (χ3v) is 6.99. The van der Waals surface area contributed by atoms with Crippen LogP contribution in [0.3, 0.4) is 0 Å². The lowest BCUT2D eigenvalue weighted by molar-refractivity contribution is 0.509. The molecular formula is C16H23NS2. The third kappa shape index (κ3) is 3.71. The van der Waals surface area contributed by atoms with Crippen LogP contribution in [0.15, 0.2) is 24.3 Å². The van der Waals surface area contributed by atoms with Gasteiger partial charge in [-0.3, -0.25) is 0 Å². The summed E-state index contributed by atoms with van der Waals surface area (Å²) in [6.07, 6.45) is 4.00. The number of benzene rings is 1. The van der Waals surface area contributed by atoms with Crippen molar-refractivity contribution in [3.8, 4) is 0 Å². The molecule has 1 heterocycles. The zero-order chi connectivity index (χ0) is 12.9. The molecule has 1 aliphatic carbocycles. The van der Waals surface area contributed by atoms with Crippen LogP contribution in [-0.4, -0.2) is 35.6 Å². The molecule has 1 nitrogen and oxygen atoms in total. The van der Waals surface area contributed by atoms with Gasteiger partial charge in [0.2, 0.25) is 0 Å². The molecule has 0 amide bonds. The first-order valence-corrected chi connectivity index (χ1v) is 9.61. The molecule has 0 radical (unpaired) electrons. The molecule has 1 saturated heterocycles. The molecule has 1 N–H and O–H groups in total. The summed E-state index contributed by atoms with van der Waals surface area (Å²) >= 11 is 4.27. The first kappa shape index (κ1) is 13.8. The highest BCUT2D eigenvalue weighted by molar-refractivity contribution is 8.06. The quantitative estimate of drug-likeness (QED) is 0.912. The maximum Gasteiger partial charge on any atom is 0.0263 e. The maximum absolute atomic E-state index is 3.73. The van der Waals surface area contributed by atoms with E-state index in [1.54, 1.807) is 11.1 Å². The van der Waals surface area contributed by atoms with Crippen LogP contribution in [0.4, 0.5) is 0 Å². The van der Waals surface area contributed by atoms with Crippen LogP contribution >= 0.6 is 23.5 Å². The molecule has 3 heteroatoms. The van der Waals surface area contributed by atoms with Crippen LogP contribution in [0.25, 0.3) is 0 Å². The molecule has 19 heavy (non-hydrogen) atoms. The molecule has 0 bridgehead atoms. The Bertz CT molecular complexity index is 401. The number of thioether (sulfide) groups is 2. The maximum atomic E-state index is 3.73. The Balaban J connectivity index is 1.50. The monoisotopic (exact) mass is 293 g/mol. The molecule has 2 unspecified atom stereocenters. The van der Waals surface area contributed by atoms with Crippen LogP contribution in [-0.2, 0) is 6.42 Å². The summed E-state index contributed by atoms with van der Waals surface area (Å²) in [5, 5.41) is 4.56. The van der Waals surface area contributed by atoms with E-state index >= 15 is 0 Å². The second-order valence-electron chi connectivity index (χ2n) is 5.51. The fourth-order valence-electron chi connectivity index (χ4n) is 3.14. The Morgan fingerprint density at radius 2 is 2.11 bits per heavy atom. The van der Waals surface area contributed by atoms with E-state index in [-0.39, 0.29) is 0 Å². The molecule has 104 valence electrons. The summed E-state index contributed by atoms with van der Waals surface area (Å²) in [6, 6.07) is 9.04. The highest BCUT2D eigenvalue weighted by Gasteiger charge is 2.20. The number of hydrogen-bond donors (Lipinski definition) is 1. The molecule has 1 fully saturated rings. The summed E-state index contributed by atoms with van der Waals surface area (Å²) in [5.74, 6) is 4.76. The Morgan fingerprint density at radius 3 is 3.00 bits per heavy atom. The van der Waals surface area contributed by atoms with Gasteiger partial charge in [0.15, 0.2) is 0 Å². The first-order chi connectivity index (χ1) is 9.43. The van der Waals surface area contributed by atoms with Crippen LogP contribution < -0.4 is 5.32 Å². The van der Waals surface area contributed by atoms with Crippen molar-refractivity contribution in [1.29, 1.82) is 0 Å². The SMILES string of the molecule is c1ccc2c(c1)CCCC2CNCC1CSCCS1. The molecular weight excluding hydrogens is 270 g/mol. The Kier molecular flexibility index (Phi) is 5.14. The summed E-state index contributed by atoms with van der Waals surface area (Å²) in [5.41, 5.74) is 3.19. The van der Waals surface area contributed by atoms with Crippen LogP contribution in [0.1, 0.15) is 29.9 Å². The predicted octanol–water partition coefficient (Wildman–Crippen LogP) is 3.54. The Hall–Kier alpha value is -0.120. The minimum Gasteiger partial charge on any atom is -0.315 e. The number of nitrogens with one attached hydrogen (secondary N) is 1. The molecule has 1 aromatic rings. The fraction of sp³-hybridized carbons (Fsp3) is 0.625. The topological polar surface area (TPSA) is 12.0 Å². The molecule has 1 aliphatic heterocycles. The molecule has 1 aromatic carbocycles. The summed E-state index contributed by atoms with van der Waals surface area (Å²) in [4.78, 5) is 0. The van der Waals surface area contributed by atoms with Crippen molar-refractivity contribution in [2.45, 2.75) is 30.4 Å². The van der Waals surface area contributed by atoms with Gasteiger partial charge in [0.25, 0.3) is 0 Å². The van der Waals surface area contributed by atoms with Gasteiger partial charge < -0.3 is 5.32 Å². The average molecular weight is 294 g/mol. The summed E-state index contributed by atoms with van der Waals surface area (Å²) in [7, 11) is 0. The summed E-state index contributed by atoms with van der Waals surface area (Å²) in [6.45, 7) is 2.36. The Labute approximate surface area is 125 Å². The number of aryl methyl sites for hydroxylation is 1. The van der Waals surface area contributed by atoms with Gasteiger partial charge >= 0.3 is 0 Å². The lowest BCUT2D eigenvalue weighted by Crippen LogP contribution is -2.32.